The number of aliphatic hydroxyl groups is 1. The van der Waals surface area contributed by atoms with Crippen molar-refractivity contribution in [3.05, 3.63) is 83.4 Å². The number of carbonyl (C=O) groups is 2. The highest BCUT2D eigenvalue weighted by Gasteiger charge is 2.24. The van der Waals surface area contributed by atoms with E-state index in [2.05, 4.69) is 17.4 Å². The van der Waals surface area contributed by atoms with Gasteiger partial charge in [-0.3, -0.25) is 4.79 Å². The summed E-state index contributed by atoms with van der Waals surface area (Å²) in [4.78, 5) is 24.7. The molecule has 0 aliphatic carbocycles. The number of aliphatic hydroxyl groups excluding tert-OH is 1. The van der Waals surface area contributed by atoms with E-state index in [1.165, 1.54) is 57.6 Å². The molecule has 0 heterocycles. The van der Waals surface area contributed by atoms with E-state index < -0.39 is 23.8 Å². The zero-order chi connectivity index (χ0) is 30.6. The van der Waals surface area contributed by atoms with E-state index in [0.717, 1.165) is 30.4 Å². The quantitative estimate of drug-likeness (QED) is 0.0732. The number of ketones is 1. The summed E-state index contributed by atoms with van der Waals surface area (Å²) in [6.07, 6.45) is 14.4. The van der Waals surface area contributed by atoms with E-state index in [1.54, 1.807) is 20.8 Å². The van der Waals surface area contributed by atoms with Gasteiger partial charge < -0.3 is 24.6 Å². The second-order valence-corrected chi connectivity index (χ2v) is 11.7. The molecular formula is C35H51NO6. The van der Waals surface area contributed by atoms with Crippen molar-refractivity contribution in [3.8, 4) is 0 Å². The minimum atomic E-state index is -0.630. The Balaban J connectivity index is 1.56. The van der Waals surface area contributed by atoms with Crippen molar-refractivity contribution in [2.45, 2.75) is 103 Å². The maximum atomic E-state index is 12.5. The maximum absolute atomic E-state index is 12.5. The first kappa shape index (κ1) is 35.2. The van der Waals surface area contributed by atoms with Crippen LogP contribution in [-0.4, -0.2) is 55.2 Å². The number of alkyl carbamates (subject to hydrolysis) is 1. The van der Waals surface area contributed by atoms with Crippen molar-refractivity contribution in [1.82, 2.24) is 5.32 Å². The number of unbranched alkanes of at least 4 members (excludes halogenated alkanes) is 8. The van der Waals surface area contributed by atoms with Gasteiger partial charge in [0.05, 0.1) is 12.6 Å². The highest BCUT2D eigenvalue weighted by Crippen LogP contribution is 2.15. The third-order valence-corrected chi connectivity index (χ3v) is 6.84. The van der Waals surface area contributed by atoms with Crippen LogP contribution in [0.15, 0.2) is 66.7 Å². The summed E-state index contributed by atoms with van der Waals surface area (Å²) in [6.45, 7) is 5.15. The lowest BCUT2D eigenvalue weighted by atomic mass is 9.99. The first-order chi connectivity index (χ1) is 20.2. The Morgan fingerprint density at radius 3 is 2.05 bits per heavy atom. The van der Waals surface area contributed by atoms with Gasteiger partial charge in [-0.05, 0) is 52.0 Å². The standard InChI is InChI=1S/C35H51NO6/c1-35(2,3)42-34(39)36-31(26-37)32(41-27-40-4)21-17-12-10-8-6-5-7-9-11-14-18-28-22-24-30(25-23-28)33(38)29-19-15-13-16-20-29/h13,15-17,19-25,31-32,37H,5-12,14,18,26-27H2,1-4H3,(H,36,39)/b21-17+/t31-,32+/m0/s1. The van der Waals surface area contributed by atoms with Gasteiger partial charge in [0.2, 0.25) is 0 Å². The Kier molecular flexibility index (Phi) is 16.8. The normalized spacial score (nSPS) is 13.2. The van der Waals surface area contributed by atoms with Crippen LogP contribution < -0.4 is 5.32 Å². The molecule has 0 unspecified atom stereocenters. The Morgan fingerprint density at radius 1 is 0.857 bits per heavy atom. The molecule has 0 bridgehead atoms. The molecule has 2 N–H and O–H groups in total. The second kappa shape index (κ2) is 20.0. The fourth-order valence-corrected chi connectivity index (χ4v) is 4.60. The number of methoxy groups -OCH3 is 1. The molecule has 2 aromatic carbocycles. The van der Waals surface area contributed by atoms with Crippen molar-refractivity contribution >= 4 is 11.9 Å². The number of ether oxygens (including phenoxy) is 3. The SMILES string of the molecule is COCO[C@H](/C=C/CCCCCCCCCCc1ccc(C(=O)c2ccccc2)cc1)[C@H](CO)NC(=O)OC(C)(C)C. The lowest BCUT2D eigenvalue weighted by Gasteiger charge is -2.26. The molecule has 0 aliphatic rings. The number of rotatable bonds is 20. The van der Waals surface area contributed by atoms with E-state index in [9.17, 15) is 14.7 Å². The minimum absolute atomic E-state index is 0.0591. The second-order valence-electron chi connectivity index (χ2n) is 11.7. The fraction of sp³-hybridized carbons (Fsp3) is 0.543. The largest absolute Gasteiger partial charge is 0.444 e. The number of benzene rings is 2. The van der Waals surface area contributed by atoms with Gasteiger partial charge in [0.15, 0.2) is 5.78 Å². The Morgan fingerprint density at radius 2 is 1.45 bits per heavy atom. The number of aryl methyl sites for hydroxylation is 1. The van der Waals surface area contributed by atoms with Gasteiger partial charge in [0.1, 0.15) is 18.5 Å². The average molecular weight is 582 g/mol. The lowest BCUT2D eigenvalue weighted by Crippen LogP contribution is -2.48. The molecule has 7 nitrogen and oxygen atoms in total. The van der Waals surface area contributed by atoms with Crippen LogP contribution in [-0.2, 0) is 20.6 Å². The van der Waals surface area contributed by atoms with E-state index in [-0.39, 0.29) is 19.2 Å². The van der Waals surface area contributed by atoms with Gasteiger partial charge >= 0.3 is 6.09 Å². The molecule has 42 heavy (non-hydrogen) atoms. The number of allylic oxidation sites excluding steroid dienone is 1. The van der Waals surface area contributed by atoms with Gasteiger partial charge in [-0.25, -0.2) is 4.79 Å². The van der Waals surface area contributed by atoms with Gasteiger partial charge in [0, 0.05) is 18.2 Å². The third-order valence-electron chi connectivity index (χ3n) is 6.84. The van der Waals surface area contributed by atoms with Gasteiger partial charge in [-0.2, -0.15) is 0 Å². The Labute approximate surface area is 252 Å². The number of carbonyl (C=O) groups excluding carboxylic acids is 2. The molecule has 232 valence electrons. The Bertz CT molecular complexity index is 1050. The van der Waals surface area contributed by atoms with Crippen LogP contribution in [0, 0.1) is 0 Å². The summed E-state index contributed by atoms with van der Waals surface area (Å²) < 4.78 is 16.0. The van der Waals surface area contributed by atoms with Crippen molar-refractivity contribution in [1.29, 1.82) is 0 Å². The molecule has 2 rings (SSSR count). The van der Waals surface area contributed by atoms with Crippen LogP contribution in [0.3, 0.4) is 0 Å². The molecule has 0 saturated heterocycles. The summed E-state index contributed by atoms with van der Waals surface area (Å²) >= 11 is 0. The number of hydrogen-bond acceptors (Lipinski definition) is 6. The molecule has 0 aromatic heterocycles. The molecule has 0 spiro atoms. The maximum Gasteiger partial charge on any atom is 0.408 e. The predicted octanol–water partition coefficient (Wildman–Crippen LogP) is 7.40. The smallest absolute Gasteiger partial charge is 0.408 e. The fourth-order valence-electron chi connectivity index (χ4n) is 4.60. The molecule has 0 fully saturated rings. The molecule has 0 radical (unpaired) electrons. The summed E-state index contributed by atoms with van der Waals surface area (Å²) in [6, 6.07) is 16.8. The molecule has 7 heteroatoms. The Hall–Kier alpha value is -3.00. The van der Waals surface area contributed by atoms with Gasteiger partial charge in [0.25, 0.3) is 0 Å². The zero-order valence-corrected chi connectivity index (χ0v) is 26.0. The number of hydrogen-bond donors (Lipinski definition) is 2. The van der Waals surface area contributed by atoms with Gasteiger partial charge in [-0.1, -0.05) is 105 Å². The molecule has 1 amide bonds. The van der Waals surface area contributed by atoms with Crippen LogP contribution in [0.25, 0.3) is 0 Å². The average Bonchev–Trinajstić information content (AvgIpc) is 2.97. The van der Waals surface area contributed by atoms with Crippen LogP contribution in [0.4, 0.5) is 4.79 Å². The van der Waals surface area contributed by atoms with E-state index in [4.69, 9.17) is 14.2 Å². The van der Waals surface area contributed by atoms with Crippen LogP contribution in [0.1, 0.15) is 100 Å². The lowest BCUT2D eigenvalue weighted by molar-refractivity contribution is -0.0713. The summed E-state index contributed by atoms with van der Waals surface area (Å²) in [5.74, 6) is 0.0707. The van der Waals surface area contributed by atoms with E-state index >= 15 is 0 Å². The monoisotopic (exact) mass is 581 g/mol. The molecular weight excluding hydrogens is 530 g/mol. The molecule has 0 saturated carbocycles. The van der Waals surface area contributed by atoms with Crippen molar-refractivity contribution in [3.63, 3.8) is 0 Å². The first-order valence-electron chi connectivity index (χ1n) is 15.3. The van der Waals surface area contributed by atoms with E-state index in [1.807, 2.05) is 54.6 Å². The number of nitrogens with one attached hydrogen (secondary N) is 1. The third kappa shape index (κ3) is 14.8. The zero-order valence-electron chi connectivity index (χ0n) is 26.0. The van der Waals surface area contributed by atoms with Crippen LogP contribution >= 0.6 is 0 Å². The van der Waals surface area contributed by atoms with Crippen molar-refractivity contribution < 1.29 is 28.9 Å². The molecule has 2 atom stereocenters. The molecule has 2 aromatic rings. The predicted molar refractivity (Wildman–Crippen MR) is 168 cm³/mol. The van der Waals surface area contributed by atoms with Gasteiger partial charge in [-0.15, -0.1) is 0 Å². The van der Waals surface area contributed by atoms with Crippen LogP contribution in [0.2, 0.25) is 0 Å². The first-order valence-corrected chi connectivity index (χ1v) is 15.3. The van der Waals surface area contributed by atoms with Crippen molar-refractivity contribution in [2.24, 2.45) is 0 Å². The topological polar surface area (TPSA) is 94.1 Å². The highest BCUT2D eigenvalue weighted by atomic mass is 16.7. The summed E-state index contributed by atoms with van der Waals surface area (Å²) in [5.41, 5.74) is 2.13. The number of amides is 1. The van der Waals surface area contributed by atoms with Crippen LogP contribution in [0.5, 0.6) is 0 Å². The summed E-state index contributed by atoms with van der Waals surface area (Å²) in [7, 11) is 1.53. The van der Waals surface area contributed by atoms with Crippen molar-refractivity contribution in [2.75, 3.05) is 20.5 Å². The highest BCUT2D eigenvalue weighted by molar-refractivity contribution is 6.08. The molecule has 0 aliphatic heterocycles. The summed E-state index contributed by atoms with van der Waals surface area (Å²) in [5, 5.41) is 12.5. The van der Waals surface area contributed by atoms with E-state index in [0.29, 0.717) is 0 Å². The minimum Gasteiger partial charge on any atom is -0.444 e.